The molecule has 1 saturated heterocycles. The van der Waals surface area contributed by atoms with Crippen LogP contribution in [0.15, 0.2) is 12.4 Å². The van der Waals surface area contributed by atoms with Crippen LogP contribution < -0.4 is 10.2 Å². The summed E-state index contributed by atoms with van der Waals surface area (Å²) >= 11 is 0. The molecule has 0 aromatic carbocycles. The maximum absolute atomic E-state index is 4.39. The molecule has 1 aliphatic rings. The molecule has 0 bridgehead atoms. The average molecular weight is 206 g/mol. The summed E-state index contributed by atoms with van der Waals surface area (Å²) < 4.78 is 0. The predicted molar refractivity (Wildman–Crippen MR) is 61.1 cm³/mol. The minimum Gasteiger partial charge on any atom is -0.354 e. The van der Waals surface area contributed by atoms with Gasteiger partial charge in [0.05, 0.1) is 18.1 Å². The summed E-state index contributed by atoms with van der Waals surface area (Å²) in [5.74, 6) is 1.00. The van der Waals surface area contributed by atoms with Gasteiger partial charge in [-0.2, -0.15) is 0 Å². The van der Waals surface area contributed by atoms with Gasteiger partial charge in [-0.1, -0.05) is 6.92 Å². The Hall–Kier alpha value is -1.16. The second-order valence-corrected chi connectivity index (χ2v) is 4.01. The molecular weight excluding hydrogens is 188 g/mol. The average Bonchev–Trinajstić information content (AvgIpc) is 2.68. The summed E-state index contributed by atoms with van der Waals surface area (Å²) in [5, 5.41) is 3.47. The first-order chi connectivity index (χ1) is 7.29. The van der Waals surface area contributed by atoms with Crippen molar-refractivity contribution in [2.45, 2.75) is 26.3 Å². The summed E-state index contributed by atoms with van der Waals surface area (Å²) in [6.45, 7) is 7.27. The summed E-state index contributed by atoms with van der Waals surface area (Å²) in [6.07, 6.45) is 4.89. The van der Waals surface area contributed by atoms with Crippen molar-refractivity contribution >= 4 is 5.82 Å². The zero-order valence-electron chi connectivity index (χ0n) is 9.40. The normalized spacial score (nSPS) is 20.9. The van der Waals surface area contributed by atoms with Crippen LogP contribution in [-0.4, -0.2) is 35.6 Å². The molecular formula is C11H18N4. The molecule has 0 radical (unpaired) electrons. The Kier molecular flexibility index (Phi) is 3.16. The number of hydrogen-bond acceptors (Lipinski definition) is 4. The van der Waals surface area contributed by atoms with Crippen molar-refractivity contribution in [1.29, 1.82) is 0 Å². The van der Waals surface area contributed by atoms with E-state index in [1.165, 1.54) is 6.42 Å². The van der Waals surface area contributed by atoms with Crippen LogP contribution in [0.1, 0.15) is 19.0 Å². The van der Waals surface area contributed by atoms with Crippen molar-refractivity contribution in [3.63, 3.8) is 0 Å². The highest BCUT2D eigenvalue weighted by Crippen LogP contribution is 2.16. The van der Waals surface area contributed by atoms with Gasteiger partial charge in [-0.3, -0.25) is 4.98 Å². The van der Waals surface area contributed by atoms with Gasteiger partial charge in [0.2, 0.25) is 0 Å². The standard InChI is InChI=1S/C11H18N4/c1-3-12-10-4-5-15(8-10)11-7-13-9(2)6-14-11/h6-7,10,12H,3-5,8H2,1-2H3. The van der Waals surface area contributed by atoms with Crippen molar-refractivity contribution in [2.24, 2.45) is 0 Å². The first kappa shape index (κ1) is 10.4. The Morgan fingerprint density at radius 1 is 1.47 bits per heavy atom. The SMILES string of the molecule is CCNC1CCN(c2cnc(C)cn2)C1. The van der Waals surface area contributed by atoms with E-state index in [1.807, 2.05) is 19.3 Å². The molecule has 2 heterocycles. The van der Waals surface area contributed by atoms with Gasteiger partial charge in [0.25, 0.3) is 0 Å². The number of rotatable bonds is 3. The Morgan fingerprint density at radius 3 is 3.00 bits per heavy atom. The molecule has 0 spiro atoms. The van der Waals surface area contributed by atoms with Crippen LogP contribution in [0, 0.1) is 6.92 Å². The van der Waals surface area contributed by atoms with E-state index in [-0.39, 0.29) is 0 Å². The van der Waals surface area contributed by atoms with Crippen LogP contribution >= 0.6 is 0 Å². The number of nitrogens with one attached hydrogen (secondary N) is 1. The third-order valence-corrected chi connectivity index (χ3v) is 2.77. The fourth-order valence-corrected chi connectivity index (χ4v) is 1.97. The van der Waals surface area contributed by atoms with Crippen molar-refractivity contribution in [3.8, 4) is 0 Å². The number of anilines is 1. The van der Waals surface area contributed by atoms with Crippen molar-refractivity contribution < 1.29 is 0 Å². The lowest BCUT2D eigenvalue weighted by molar-refractivity contribution is 0.571. The summed E-state index contributed by atoms with van der Waals surface area (Å²) in [7, 11) is 0. The van der Waals surface area contributed by atoms with Crippen molar-refractivity contribution in [3.05, 3.63) is 18.1 Å². The quantitative estimate of drug-likeness (QED) is 0.800. The second kappa shape index (κ2) is 4.57. The minimum absolute atomic E-state index is 0.609. The Balaban J connectivity index is 1.98. The number of hydrogen-bond donors (Lipinski definition) is 1. The molecule has 2 rings (SSSR count). The van der Waals surface area contributed by atoms with Gasteiger partial charge in [-0.15, -0.1) is 0 Å². The van der Waals surface area contributed by atoms with Gasteiger partial charge in [0.1, 0.15) is 5.82 Å². The zero-order valence-corrected chi connectivity index (χ0v) is 9.40. The maximum atomic E-state index is 4.39. The van der Waals surface area contributed by atoms with Gasteiger partial charge in [0.15, 0.2) is 0 Å². The zero-order chi connectivity index (χ0) is 10.7. The van der Waals surface area contributed by atoms with E-state index in [2.05, 4.69) is 27.1 Å². The molecule has 1 aliphatic heterocycles. The van der Waals surface area contributed by atoms with Crippen molar-refractivity contribution in [2.75, 3.05) is 24.5 Å². The van der Waals surface area contributed by atoms with Gasteiger partial charge < -0.3 is 10.2 Å². The number of aryl methyl sites for hydroxylation is 1. The lowest BCUT2D eigenvalue weighted by atomic mass is 10.3. The fraction of sp³-hybridized carbons (Fsp3) is 0.636. The lowest BCUT2D eigenvalue weighted by Gasteiger charge is -2.17. The van der Waals surface area contributed by atoms with Crippen LogP contribution in [0.5, 0.6) is 0 Å². The number of likely N-dealkylation sites (N-methyl/N-ethyl adjacent to an activating group) is 1. The van der Waals surface area contributed by atoms with E-state index in [0.29, 0.717) is 6.04 Å². The third-order valence-electron chi connectivity index (χ3n) is 2.77. The molecule has 1 atom stereocenters. The van der Waals surface area contributed by atoms with Gasteiger partial charge >= 0.3 is 0 Å². The predicted octanol–water partition coefficient (Wildman–Crippen LogP) is 0.973. The summed E-state index contributed by atoms with van der Waals surface area (Å²) in [6, 6.07) is 0.609. The minimum atomic E-state index is 0.609. The summed E-state index contributed by atoms with van der Waals surface area (Å²) in [5.41, 5.74) is 0.973. The monoisotopic (exact) mass is 206 g/mol. The first-order valence-electron chi connectivity index (χ1n) is 5.56. The van der Waals surface area contributed by atoms with Crippen LogP contribution in [0.3, 0.4) is 0 Å². The molecule has 0 amide bonds. The second-order valence-electron chi connectivity index (χ2n) is 4.01. The van der Waals surface area contributed by atoms with E-state index in [1.54, 1.807) is 0 Å². The van der Waals surface area contributed by atoms with Crippen molar-refractivity contribution in [1.82, 2.24) is 15.3 Å². The molecule has 4 nitrogen and oxygen atoms in total. The van der Waals surface area contributed by atoms with E-state index < -0.39 is 0 Å². The Bertz CT molecular complexity index is 309. The van der Waals surface area contributed by atoms with E-state index >= 15 is 0 Å². The van der Waals surface area contributed by atoms with E-state index in [0.717, 1.165) is 31.1 Å². The number of aromatic nitrogens is 2. The molecule has 82 valence electrons. The smallest absolute Gasteiger partial charge is 0.147 e. The van der Waals surface area contributed by atoms with E-state index in [4.69, 9.17) is 0 Å². The van der Waals surface area contributed by atoms with Crippen LogP contribution in [0.4, 0.5) is 5.82 Å². The largest absolute Gasteiger partial charge is 0.354 e. The molecule has 1 unspecified atom stereocenters. The van der Waals surface area contributed by atoms with Gasteiger partial charge in [-0.25, -0.2) is 4.98 Å². The lowest BCUT2D eigenvalue weighted by Crippen LogP contribution is -2.32. The molecule has 4 heteroatoms. The molecule has 1 aromatic heterocycles. The highest BCUT2D eigenvalue weighted by molar-refractivity contribution is 5.37. The molecule has 0 saturated carbocycles. The molecule has 15 heavy (non-hydrogen) atoms. The third kappa shape index (κ3) is 2.45. The molecule has 1 aromatic rings. The Labute approximate surface area is 90.7 Å². The fourth-order valence-electron chi connectivity index (χ4n) is 1.97. The van der Waals surface area contributed by atoms with E-state index in [9.17, 15) is 0 Å². The van der Waals surface area contributed by atoms with Gasteiger partial charge in [0, 0.05) is 19.1 Å². The van der Waals surface area contributed by atoms with Gasteiger partial charge in [-0.05, 0) is 19.9 Å². The molecule has 1 fully saturated rings. The Morgan fingerprint density at radius 2 is 2.33 bits per heavy atom. The molecule has 0 aliphatic carbocycles. The van der Waals surface area contributed by atoms with Crippen LogP contribution in [-0.2, 0) is 0 Å². The molecule has 1 N–H and O–H groups in total. The number of nitrogens with zero attached hydrogens (tertiary/aromatic N) is 3. The first-order valence-corrected chi connectivity index (χ1v) is 5.56. The highest BCUT2D eigenvalue weighted by Gasteiger charge is 2.22. The maximum Gasteiger partial charge on any atom is 0.147 e. The van der Waals surface area contributed by atoms with Crippen LogP contribution in [0.25, 0.3) is 0 Å². The highest BCUT2D eigenvalue weighted by atomic mass is 15.2. The topological polar surface area (TPSA) is 41.0 Å². The van der Waals surface area contributed by atoms with Crippen LogP contribution in [0.2, 0.25) is 0 Å². The summed E-state index contributed by atoms with van der Waals surface area (Å²) in [4.78, 5) is 11.0.